The molecule has 126 valence electrons. The van der Waals surface area contributed by atoms with Crippen LogP contribution in [-0.2, 0) is 0 Å². The first-order valence-corrected chi connectivity index (χ1v) is 7.02. The summed E-state index contributed by atoms with van der Waals surface area (Å²) in [7, 11) is 0. The van der Waals surface area contributed by atoms with Gasteiger partial charge in [-0.1, -0.05) is 24.3 Å². The average Bonchev–Trinajstić information content (AvgIpc) is 2.52. The van der Waals surface area contributed by atoms with Crippen LogP contribution in [0.3, 0.4) is 0 Å². The normalized spacial score (nSPS) is 17.4. The number of phenols is 2. The minimum absolute atomic E-state index is 0.0258. The predicted molar refractivity (Wildman–Crippen MR) is 79.7 cm³/mol. The fourth-order valence-electron chi connectivity index (χ4n) is 2.66. The molecule has 24 heavy (non-hydrogen) atoms. The van der Waals surface area contributed by atoms with E-state index >= 15 is 0 Å². The van der Waals surface area contributed by atoms with Crippen molar-refractivity contribution >= 4 is 11.6 Å². The Labute approximate surface area is 134 Å². The molecule has 0 saturated carbocycles. The molecule has 0 aliphatic carbocycles. The van der Waals surface area contributed by atoms with E-state index in [2.05, 4.69) is 5.32 Å². The number of amides is 1. The molecule has 1 amide bonds. The third-order valence-electron chi connectivity index (χ3n) is 3.71. The van der Waals surface area contributed by atoms with Gasteiger partial charge in [0, 0.05) is 11.3 Å². The zero-order chi connectivity index (χ0) is 17.5. The van der Waals surface area contributed by atoms with Crippen LogP contribution in [0.2, 0.25) is 0 Å². The standard InChI is InChI=1S/C16H13F3N2O3/c17-16(18,19)8-21-14(10-5-3-7-12(22)13(10)23)20-11-6-2-1-4-9(11)15(21)24/h1-7,14,20,22-23H,8H2/t14-/m1/s1. The molecule has 0 unspecified atom stereocenters. The molecule has 1 atom stereocenters. The van der Waals surface area contributed by atoms with Gasteiger partial charge in [-0.05, 0) is 18.2 Å². The maximum Gasteiger partial charge on any atom is 0.406 e. The zero-order valence-corrected chi connectivity index (χ0v) is 12.2. The summed E-state index contributed by atoms with van der Waals surface area (Å²) >= 11 is 0. The fourth-order valence-corrected chi connectivity index (χ4v) is 2.66. The Balaban J connectivity index is 2.11. The largest absolute Gasteiger partial charge is 0.504 e. The average molecular weight is 338 g/mol. The highest BCUT2D eigenvalue weighted by atomic mass is 19.4. The van der Waals surface area contributed by atoms with E-state index in [-0.39, 0.29) is 11.1 Å². The molecule has 8 heteroatoms. The first-order chi connectivity index (χ1) is 11.3. The van der Waals surface area contributed by atoms with Gasteiger partial charge in [-0.3, -0.25) is 4.79 Å². The van der Waals surface area contributed by atoms with Crippen molar-refractivity contribution in [1.29, 1.82) is 0 Å². The van der Waals surface area contributed by atoms with Gasteiger partial charge in [0.15, 0.2) is 11.5 Å². The molecule has 0 spiro atoms. The van der Waals surface area contributed by atoms with Crippen LogP contribution in [0.5, 0.6) is 11.5 Å². The number of halogens is 3. The van der Waals surface area contributed by atoms with Crippen molar-refractivity contribution in [2.75, 3.05) is 11.9 Å². The number of hydrogen-bond donors (Lipinski definition) is 3. The number of carbonyl (C=O) groups is 1. The summed E-state index contributed by atoms with van der Waals surface area (Å²) < 4.78 is 38.8. The monoisotopic (exact) mass is 338 g/mol. The minimum atomic E-state index is -4.62. The van der Waals surface area contributed by atoms with E-state index in [1.807, 2.05) is 0 Å². The van der Waals surface area contributed by atoms with E-state index < -0.39 is 36.3 Å². The first kappa shape index (κ1) is 16.0. The smallest absolute Gasteiger partial charge is 0.406 e. The van der Waals surface area contributed by atoms with Crippen molar-refractivity contribution < 1.29 is 28.2 Å². The number of aromatic hydroxyl groups is 2. The van der Waals surface area contributed by atoms with Gasteiger partial charge in [-0.25, -0.2) is 0 Å². The van der Waals surface area contributed by atoms with Crippen molar-refractivity contribution in [3.05, 3.63) is 53.6 Å². The lowest BCUT2D eigenvalue weighted by Gasteiger charge is -2.38. The molecule has 0 radical (unpaired) electrons. The first-order valence-electron chi connectivity index (χ1n) is 7.02. The Kier molecular flexibility index (Phi) is 3.75. The number of benzene rings is 2. The minimum Gasteiger partial charge on any atom is -0.504 e. The SMILES string of the molecule is O=C1c2ccccc2N[C@@H](c2cccc(O)c2O)N1CC(F)(F)F. The number of anilines is 1. The number of alkyl halides is 3. The summed E-state index contributed by atoms with van der Waals surface area (Å²) in [5.41, 5.74) is 0.438. The van der Waals surface area contributed by atoms with Gasteiger partial charge >= 0.3 is 6.18 Å². The predicted octanol–water partition coefficient (Wildman–Crippen LogP) is 3.23. The molecule has 1 aliphatic rings. The Bertz CT molecular complexity index is 792. The molecule has 0 saturated heterocycles. The van der Waals surface area contributed by atoms with Crippen LogP contribution >= 0.6 is 0 Å². The molecule has 2 aromatic rings. The second-order valence-electron chi connectivity index (χ2n) is 5.36. The summed E-state index contributed by atoms with van der Waals surface area (Å²) in [5, 5.41) is 22.4. The maximum absolute atomic E-state index is 12.9. The van der Waals surface area contributed by atoms with Gasteiger partial charge in [0.1, 0.15) is 12.7 Å². The van der Waals surface area contributed by atoms with Crippen LogP contribution in [0.15, 0.2) is 42.5 Å². The van der Waals surface area contributed by atoms with Gasteiger partial charge in [0.25, 0.3) is 5.91 Å². The molecule has 2 aromatic carbocycles. The number of nitrogens with one attached hydrogen (secondary N) is 1. The van der Waals surface area contributed by atoms with Crippen LogP contribution in [0.25, 0.3) is 0 Å². The lowest BCUT2D eigenvalue weighted by molar-refractivity contribution is -0.144. The number of para-hydroxylation sites is 2. The topological polar surface area (TPSA) is 72.8 Å². The van der Waals surface area contributed by atoms with E-state index in [9.17, 15) is 28.2 Å². The molecule has 5 nitrogen and oxygen atoms in total. The second-order valence-corrected chi connectivity index (χ2v) is 5.36. The Hall–Kier alpha value is -2.90. The van der Waals surface area contributed by atoms with Gasteiger partial charge in [0.05, 0.1) is 5.56 Å². The van der Waals surface area contributed by atoms with E-state index in [1.54, 1.807) is 18.2 Å². The van der Waals surface area contributed by atoms with Crippen molar-refractivity contribution in [1.82, 2.24) is 4.90 Å². The van der Waals surface area contributed by atoms with E-state index in [0.29, 0.717) is 10.6 Å². The Morgan fingerprint density at radius 3 is 2.50 bits per heavy atom. The van der Waals surface area contributed by atoms with Crippen LogP contribution < -0.4 is 5.32 Å². The van der Waals surface area contributed by atoms with Crippen LogP contribution in [0, 0.1) is 0 Å². The second kappa shape index (κ2) is 5.63. The summed E-state index contributed by atoms with van der Waals surface area (Å²) in [4.78, 5) is 13.1. The van der Waals surface area contributed by atoms with Crippen molar-refractivity contribution in [3.8, 4) is 11.5 Å². The number of nitrogens with zero attached hydrogens (tertiary/aromatic N) is 1. The summed E-state index contributed by atoms with van der Waals surface area (Å²) in [6.07, 6.45) is -5.88. The van der Waals surface area contributed by atoms with E-state index in [4.69, 9.17) is 0 Å². The number of carbonyl (C=O) groups excluding carboxylic acids is 1. The molecule has 3 N–H and O–H groups in total. The van der Waals surface area contributed by atoms with E-state index in [1.165, 1.54) is 24.3 Å². The molecular weight excluding hydrogens is 325 g/mol. The van der Waals surface area contributed by atoms with Crippen LogP contribution in [0.1, 0.15) is 22.1 Å². The lowest BCUT2D eigenvalue weighted by atomic mass is 10.0. The number of hydrogen-bond acceptors (Lipinski definition) is 4. The zero-order valence-electron chi connectivity index (χ0n) is 12.2. The van der Waals surface area contributed by atoms with Gasteiger partial charge in [-0.2, -0.15) is 13.2 Å². The maximum atomic E-state index is 12.9. The number of phenolic OH excluding ortho intramolecular Hbond substituents is 2. The molecule has 0 aromatic heterocycles. The third-order valence-corrected chi connectivity index (χ3v) is 3.71. The molecule has 0 fully saturated rings. The highest BCUT2D eigenvalue weighted by molar-refractivity contribution is 6.01. The van der Waals surface area contributed by atoms with Crippen LogP contribution in [0.4, 0.5) is 18.9 Å². The molecule has 1 heterocycles. The third kappa shape index (κ3) is 2.82. The fraction of sp³-hybridized carbons (Fsp3) is 0.188. The summed E-state index contributed by atoms with van der Waals surface area (Å²) in [5.74, 6) is -1.86. The molecular formula is C16H13F3N2O3. The van der Waals surface area contributed by atoms with E-state index in [0.717, 1.165) is 0 Å². The Morgan fingerprint density at radius 2 is 1.79 bits per heavy atom. The molecule has 3 rings (SSSR count). The summed E-state index contributed by atoms with van der Waals surface area (Å²) in [6.45, 7) is -1.49. The molecule has 1 aliphatic heterocycles. The summed E-state index contributed by atoms with van der Waals surface area (Å²) in [6, 6.07) is 10.1. The van der Waals surface area contributed by atoms with Crippen molar-refractivity contribution in [2.24, 2.45) is 0 Å². The lowest BCUT2D eigenvalue weighted by Crippen LogP contribution is -2.47. The Morgan fingerprint density at radius 1 is 1.08 bits per heavy atom. The molecule has 0 bridgehead atoms. The number of fused-ring (bicyclic) bond motifs is 1. The van der Waals surface area contributed by atoms with Crippen LogP contribution in [-0.4, -0.2) is 33.7 Å². The highest BCUT2D eigenvalue weighted by Gasteiger charge is 2.41. The van der Waals surface area contributed by atoms with Crippen molar-refractivity contribution in [2.45, 2.75) is 12.3 Å². The quantitative estimate of drug-likeness (QED) is 0.735. The van der Waals surface area contributed by atoms with Gasteiger partial charge < -0.3 is 20.4 Å². The highest BCUT2D eigenvalue weighted by Crippen LogP contribution is 2.40. The number of rotatable bonds is 2. The van der Waals surface area contributed by atoms with Crippen molar-refractivity contribution in [3.63, 3.8) is 0 Å². The van der Waals surface area contributed by atoms with Gasteiger partial charge in [0.2, 0.25) is 0 Å². The van der Waals surface area contributed by atoms with Gasteiger partial charge in [-0.15, -0.1) is 0 Å².